The van der Waals surface area contributed by atoms with E-state index in [4.69, 9.17) is 5.11 Å². The molecule has 1 N–H and O–H groups in total. The summed E-state index contributed by atoms with van der Waals surface area (Å²) in [5.74, 6) is -0.708. The van der Waals surface area contributed by atoms with E-state index in [1.54, 1.807) is 0 Å². The van der Waals surface area contributed by atoms with E-state index in [0.29, 0.717) is 16.2 Å². The zero-order valence-corrected chi connectivity index (χ0v) is 16.0. The Morgan fingerprint density at radius 3 is 2.79 bits per heavy atom. The summed E-state index contributed by atoms with van der Waals surface area (Å²) < 4.78 is 0. The lowest BCUT2D eigenvalue weighted by molar-refractivity contribution is -0.138. The highest BCUT2D eigenvalue weighted by molar-refractivity contribution is 7.18. The Bertz CT molecular complexity index is 1020. The molecule has 144 valence electrons. The van der Waals surface area contributed by atoms with Crippen LogP contribution in [-0.4, -0.2) is 54.6 Å². The van der Waals surface area contributed by atoms with E-state index in [2.05, 4.69) is 54.8 Å². The van der Waals surface area contributed by atoms with E-state index in [1.165, 1.54) is 35.3 Å². The van der Waals surface area contributed by atoms with Gasteiger partial charge in [-0.15, -0.1) is 20.4 Å². The molecular formula is C18H19N7O2S. The standard InChI is InChI=1S/C18H19N7O2S/c26-14(27)11-25-22-15(19-23-25)16-20-21-17(28-16)24-9-7-18(8-10-24)6-5-12-3-1-2-4-13(12)18/h1-4H,5-11H2,(H,26,27). The van der Waals surface area contributed by atoms with E-state index in [-0.39, 0.29) is 6.54 Å². The highest BCUT2D eigenvalue weighted by atomic mass is 32.1. The van der Waals surface area contributed by atoms with Crippen molar-refractivity contribution in [3.05, 3.63) is 35.4 Å². The molecule has 3 heterocycles. The van der Waals surface area contributed by atoms with Crippen LogP contribution in [0.5, 0.6) is 0 Å². The van der Waals surface area contributed by atoms with Gasteiger partial charge in [0.25, 0.3) is 0 Å². The fourth-order valence-corrected chi connectivity index (χ4v) is 5.18. The number of tetrazole rings is 1. The first kappa shape index (κ1) is 17.2. The Morgan fingerprint density at radius 2 is 1.96 bits per heavy atom. The van der Waals surface area contributed by atoms with Gasteiger partial charge in [-0.25, -0.2) is 0 Å². The summed E-state index contributed by atoms with van der Waals surface area (Å²) in [5.41, 5.74) is 3.35. The molecule has 9 nitrogen and oxygen atoms in total. The molecule has 1 saturated heterocycles. The third kappa shape index (κ3) is 2.93. The zero-order chi connectivity index (χ0) is 19.1. The van der Waals surface area contributed by atoms with Gasteiger partial charge in [0.2, 0.25) is 11.0 Å². The Balaban J connectivity index is 1.29. The number of aliphatic carboxylic acids is 1. The highest BCUT2D eigenvalue weighted by Gasteiger charge is 2.41. The predicted molar refractivity (Wildman–Crippen MR) is 102 cm³/mol. The van der Waals surface area contributed by atoms with E-state index in [9.17, 15) is 4.79 Å². The number of aromatic nitrogens is 6. The number of carboxylic acid groups (broad SMARTS) is 1. The molecule has 0 bridgehead atoms. The lowest BCUT2D eigenvalue weighted by Gasteiger charge is -2.40. The lowest BCUT2D eigenvalue weighted by Crippen LogP contribution is -2.41. The summed E-state index contributed by atoms with van der Waals surface area (Å²) in [6, 6.07) is 8.85. The topological polar surface area (TPSA) is 110 Å². The largest absolute Gasteiger partial charge is 0.480 e. The number of rotatable bonds is 4. The number of hydrogen-bond donors (Lipinski definition) is 1. The Morgan fingerprint density at radius 1 is 1.14 bits per heavy atom. The second-order valence-electron chi connectivity index (χ2n) is 7.35. The first-order valence-corrected chi connectivity index (χ1v) is 10.1. The zero-order valence-electron chi connectivity index (χ0n) is 15.2. The molecule has 0 radical (unpaired) electrons. The van der Waals surface area contributed by atoms with Crippen molar-refractivity contribution in [2.75, 3.05) is 18.0 Å². The van der Waals surface area contributed by atoms with Crippen LogP contribution in [0.2, 0.25) is 0 Å². The molecule has 0 saturated carbocycles. The Hall–Kier alpha value is -2.88. The van der Waals surface area contributed by atoms with Crippen molar-refractivity contribution in [2.45, 2.75) is 37.6 Å². The second kappa shape index (κ2) is 6.62. The SMILES string of the molecule is O=C(O)Cn1nnc(-c2nnc(N3CCC4(CCc5ccccc54)CC3)s2)n1. The lowest BCUT2D eigenvalue weighted by atomic mass is 9.74. The number of fused-ring (bicyclic) bond motifs is 2. The molecule has 5 rings (SSSR count). The van der Waals surface area contributed by atoms with Crippen LogP contribution in [0, 0.1) is 0 Å². The molecule has 1 spiro atoms. The van der Waals surface area contributed by atoms with Gasteiger partial charge in [-0.3, -0.25) is 4.79 Å². The molecule has 3 aromatic rings. The Kier molecular flexibility index (Phi) is 4.08. The van der Waals surface area contributed by atoms with Gasteiger partial charge in [-0.05, 0) is 47.4 Å². The fourth-order valence-electron chi connectivity index (χ4n) is 4.36. The quantitative estimate of drug-likeness (QED) is 0.709. The minimum absolute atomic E-state index is 0.307. The molecule has 2 aliphatic rings. The van der Waals surface area contributed by atoms with Crippen LogP contribution >= 0.6 is 11.3 Å². The predicted octanol–water partition coefficient (Wildman–Crippen LogP) is 1.76. The smallest absolute Gasteiger partial charge is 0.327 e. The van der Waals surface area contributed by atoms with Crippen molar-refractivity contribution in [1.82, 2.24) is 30.4 Å². The van der Waals surface area contributed by atoms with Crippen LogP contribution in [0.4, 0.5) is 5.13 Å². The average molecular weight is 397 g/mol. The molecule has 0 unspecified atom stereocenters. The Labute approximate surface area is 165 Å². The maximum Gasteiger partial charge on any atom is 0.327 e. The molecule has 0 atom stereocenters. The molecule has 28 heavy (non-hydrogen) atoms. The molecule has 0 amide bonds. The maximum absolute atomic E-state index is 10.7. The van der Waals surface area contributed by atoms with Gasteiger partial charge in [0.15, 0.2) is 11.6 Å². The number of aryl methyl sites for hydroxylation is 1. The van der Waals surface area contributed by atoms with Gasteiger partial charge in [-0.1, -0.05) is 35.6 Å². The van der Waals surface area contributed by atoms with Crippen molar-refractivity contribution in [2.24, 2.45) is 0 Å². The van der Waals surface area contributed by atoms with Crippen molar-refractivity contribution in [3.8, 4) is 10.8 Å². The molecule has 2 aromatic heterocycles. The van der Waals surface area contributed by atoms with Crippen LogP contribution in [0.1, 0.15) is 30.4 Å². The third-order valence-corrected chi connectivity index (χ3v) is 6.77. The van der Waals surface area contributed by atoms with E-state index in [0.717, 1.165) is 35.9 Å². The summed E-state index contributed by atoms with van der Waals surface area (Å²) in [6.07, 6.45) is 4.65. The first-order chi connectivity index (χ1) is 13.6. The minimum Gasteiger partial charge on any atom is -0.480 e. The second-order valence-corrected chi connectivity index (χ2v) is 8.31. The van der Waals surface area contributed by atoms with Crippen molar-refractivity contribution < 1.29 is 9.90 Å². The van der Waals surface area contributed by atoms with Gasteiger partial charge in [0.05, 0.1) is 0 Å². The number of anilines is 1. The van der Waals surface area contributed by atoms with Gasteiger partial charge >= 0.3 is 5.97 Å². The molecule has 10 heteroatoms. The van der Waals surface area contributed by atoms with Crippen LogP contribution in [-0.2, 0) is 23.2 Å². The number of carbonyl (C=O) groups is 1. The molecule has 1 fully saturated rings. The van der Waals surface area contributed by atoms with Gasteiger partial charge in [0.1, 0.15) is 0 Å². The maximum atomic E-state index is 10.7. The number of piperidine rings is 1. The van der Waals surface area contributed by atoms with Crippen molar-refractivity contribution >= 4 is 22.4 Å². The molecule has 1 aliphatic heterocycles. The highest BCUT2D eigenvalue weighted by Crippen LogP contribution is 2.46. The monoisotopic (exact) mass is 397 g/mol. The van der Waals surface area contributed by atoms with E-state index >= 15 is 0 Å². The van der Waals surface area contributed by atoms with Crippen LogP contribution in [0.3, 0.4) is 0 Å². The van der Waals surface area contributed by atoms with Gasteiger partial charge in [-0.2, -0.15) is 4.80 Å². The van der Waals surface area contributed by atoms with Crippen LogP contribution in [0.15, 0.2) is 24.3 Å². The van der Waals surface area contributed by atoms with E-state index < -0.39 is 5.97 Å². The summed E-state index contributed by atoms with van der Waals surface area (Å²) in [6.45, 7) is 1.57. The first-order valence-electron chi connectivity index (χ1n) is 9.30. The van der Waals surface area contributed by atoms with Crippen molar-refractivity contribution in [1.29, 1.82) is 0 Å². The molecule has 1 aliphatic carbocycles. The number of benzene rings is 1. The van der Waals surface area contributed by atoms with Crippen LogP contribution in [0.25, 0.3) is 10.8 Å². The van der Waals surface area contributed by atoms with Gasteiger partial charge < -0.3 is 10.0 Å². The minimum atomic E-state index is -1.02. The summed E-state index contributed by atoms with van der Waals surface area (Å²) in [7, 11) is 0. The summed E-state index contributed by atoms with van der Waals surface area (Å²) in [5, 5.41) is 30.4. The number of hydrogen-bond acceptors (Lipinski definition) is 8. The summed E-state index contributed by atoms with van der Waals surface area (Å²) >= 11 is 1.42. The van der Waals surface area contributed by atoms with Crippen LogP contribution < -0.4 is 4.90 Å². The van der Waals surface area contributed by atoms with Crippen molar-refractivity contribution in [3.63, 3.8) is 0 Å². The molecular weight excluding hydrogens is 378 g/mol. The van der Waals surface area contributed by atoms with Gasteiger partial charge in [0, 0.05) is 13.1 Å². The number of nitrogens with zero attached hydrogens (tertiary/aromatic N) is 7. The normalized spacial score (nSPS) is 17.8. The number of carboxylic acids is 1. The summed E-state index contributed by atoms with van der Waals surface area (Å²) in [4.78, 5) is 14.1. The fraction of sp³-hybridized carbons (Fsp3) is 0.444. The van der Waals surface area contributed by atoms with E-state index in [1.807, 2.05) is 0 Å². The third-order valence-electron chi connectivity index (χ3n) is 5.79. The average Bonchev–Trinajstić information content (AvgIpc) is 3.42. The molecule has 1 aromatic carbocycles.